The molecule has 1 aromatic heterocycles. The first-order valence-corrected chi connectivity index (χ1v) is 13.1. The number of thioether (sulfide) groups is 1. The van der Waals surface area contributed by atoms with Crippen molar-refractivity contribution in [3.05, 3.63) is 70.0 Å². The predicted molar refractivity (Wildman–Crippen MR) is 135 cm³/mol. The van der Waals surface area contributed by atoms with Crippen LogP contribution in [0.5, 0.6) is 0 Å². The Morgan fingerprint density at radius 1 is 1.03 bits per heavy atom. The Balaban J connectivity index is 1.21. The van der Waals surface area contributed by atoms with Crippen LogP contribution in [-0.2, 0) is 10.5 Å². The largest absolute Gasteiger partial charge is 0.357 e. The van der Waals surface area contributed by atoms with Crippen molar-refractivity contribution in [3.8, 4) is 0 Å². The molecule has 170 valence electrons. The summed E-state index contributed by atoms with van der Waals surface area (Å²) in [5.41, 5.74) is 3.65. The molecular weight excluding hydrogens is 428 g/mol. The average molecular weight is 459 g/mol. The summed E-state index contributed by atoms with van der Waals surface area (Å²) in [7, 11) is 0. The van der Waals surface area contributed by atoms with E-state index in [1.807, 2.05) is 43.3 Å². The average Bonchev–Trinajstić information content (AvgIpc) is 2.78. The molecule has 0 atom stereocenters. The number of H-pyrrole nitrogens is 1. The van der Waals surface area contributed by atoms with Crippen molar-refractivity contribution in [2.75, 3.05) is 5.32 Å². The molecular formula is C28H30N2O2S. The number of benzene rings is 2. The van der Waals surface area contributed by atoms with Gasteiger partial charge in [-0.05, 0) is 87.0 Å². The Labute approximate surface area is 198 Å². The van der Waals surface area contributed by atoms with Gasteiger partial charge in [0.05, 0.1) is 16.6 Å². The van der Waals surface area contributed by atoms with Gasteiger partial charge in [-0.25, -0.2) is 0 Å². The van der Waals surface area contributed by atoms with E-state index in [9.17, 15) is 9.59 Å². The number of fused-ring (bicyclic) bond motifs is 1. The van der Waals surface area contributed by atoms with Crippen LogP contribution in [0.2, 0.25) is 0 Å². The molecule has 5 heteroatoms. The van der Waals surface area contributed by atoms with E-state index in [4.69, 9.17) is 0 Å². The molecule has 0 unspecified atom stereocenters. The number of hydrogen-bond acceptors (Lipinski definition) is 3. The molecule has 4 fully saturated rings. The lowest BCUT2D eigenvalue weighted by atomic mass is 9.49. The number of nitrogens with one attached hydrogen (secondary N) is 2. The zero-order valence-electron chi connectivity index (χ0n) is 19.0. The number of rotatable bonds is 5. The summed E-state index contributed by atoms with van der Waals surface area (Å²) in [4.78, 5) is 30.6. The van der Waals surface area contributed by atoms with Crippen molar-refractivity contribution >= 4 is 34.3 Å². The van der Waals surface area contributed by atoms with E-state index in [0.29, 0.717) is 5.75 Å². The van der Waals surface area contributed by atoms with Gasteiger partial charge >= 0.3 is 0 Å². The Kier molecular flexibility index (Phi) is 5.13. The first-order chi connectivity index (χ1) is 16.0. The minimum atomic E-state index is -0.159. The third-order valence-corrected chi connectivity index (χ3v) is 9.29. The van der Waals surface area contributed by atoms with Gasteiger partial charge in [0.15, 0.2) is 5.43 Å². The van der Waals surface area contributed by atoms with Crippen molar-refractivity contribution in [2.24, 2.45) is 23.2 Å². The van der Waals surface area contributed by atoms with Gasteiger partial charge in [0, 0.05) is 27.8 Å². The number of anilines is 1. The Morgan fingerprint density at radius 2 is 1.73 bits per heavy atom. The fourth-order valence-corrected chi connectivity index (χ4v) is 7.96. The minimum absolute atomic E-state index is 0.0476. The van der Waals surface area contributed by atoms with Crippen molar-refractivity contribution < 1.29 is 4.79 Å². The summed E-state index contributed by atoms with van der Waals surface area (Å²) in [6.07, 6.45) is 7.21. The van der Waals surface area contributed by atoms with Crippen LogP contribution >= 0.6 is 11.8 Å². The third kappa shape index (κ3) is 3.80. The number of aromatic amines is 1. The van der Waals surface area contributed by atoms with Crippen LogP contribution in [0.4, 0.5) is 5.69 Å². The first kappa shape index (κ1) is 21.0. The Morgan fingerprint density at radius 3 is 2.45 bits per heavy atom. The summed E-state index contributed by atoms with van der Waals surface area (Å²) in [6, 6.07) is 15.6. The molecule has 4 nitrogen and oxygen atoms in total. The van der Waals surface area contributed by atoms with E-state index >= 15 is 0 Å². The Hall–Kier alpha value is -2.53. The number of aryl methyl sites for hydroxylation is 1. The van der Waals surface area contributed by atoms with Crippen LogP contribution in [0.3, 0.4) is 0 Å². The van der Waals surface area contributed by atoms with Crippen molar-refractivity contribution in [1.82, 2.24) is 4.98 Å². The summed E-state index contributed by atoms with van der Waals surface area (Å²) >= 11 is 1.66. The maximum atomic E-state index is 13.6. The number of carbonyl (C=O) groups is 1. The summed E-state index contributed by atoms with van der Waals surface area (Å²) in [5, 5.41) is 4.05. The van der Waals surface area contributed by atoms with Crippen LogP contribution in [0.25, 0.3) is 10.9 Å². The quantitative estimate of drug-likeness (QED) is 0.442. The first-order valence-electron chi connectivity index (χ1n) is 12.1. The highest BCUT2D eigenvalue weighted by Gasteiger charge is 2.54. The van der Waals surface area contributed by atoms with Gasteiger partial charge in [0.25, 0.3) is 0 Å². The van der Waals surface area contributed by atoms with Crippen molar-refractivity contribution in [2.45, 2.75) is 56.1 Å². The molecule has 2 N–H and O–H groups in total. The SMILES string of the molecule is Cc1cccc2c(=O)cc(CSc3ccccc3NC(=O)C34CC5CC(CC(C5)C3)C4)[nH]c12. The van der Waals surface area contributed by atoms with Gasteiger partial charge in [-0.3, -0.25) is 9.59 Å². The maximum absolute atomic E-state index is 13.6. The molecule has 4 bridgehead atoms. The second-order valence-electron chi connectivity index (χ2n) is 10.6. The summed E-state index contributed by atoms with van der Waals surface area (Å²) in [5.74, 6) is 3.12. The highest BCUT2D eigenvalue weighted by molar-refractivity contribution is 7.98. The summed E-state index contributed by atoms with van der Waals surface area (Å²) < 4.78 is 0. The molecule has 0 saturated heterocycles. The number of pyridine rings is 1. The van der Waals surface area contributed by atoms with Gasteiger partial charge in [0.2, 0.25) is 5.91 Å². The standard InChI is InChI=1S/C28H30N2O2S/c1-17-5-4-6-22-24(31)12-21(29-26(17)22)16-33-25-8-3-2-7-23(25)30-27(32)28-13-18-9-19(14-28)11-20(10-18)15-28/h2-8,12,18-20H,9-11,13-16H2,1H3,(H,29,31)(H,30,32). The second-order valence-corrected chi connectivity index (χ2v) is 11.6. The van der Waals surface area contributed by atoms with E-state index in [2.05, 4.69) is 16.4 Å². The van der Waals surface area contributed by atoms with E-state index in [1.54, 1.807) is 17.8 Å². The number of hydrogen-bond donors (Lipinski definition) is 2. The third-order valence-electron chi connectivity index (χ3n) is 8.17. The molecule has 0 aliphatic heterocycles. The molecule has 4 aliphatic rings. The summed E-state index contributed by atoms with van der Waals surface area (Å²) in [6.45, 7) is 2.02. The highest BCUT2D eigenvalue weighted by atomic mass is 32.2. The van der Waals surface area contributed by atoms with Crippen LogP contribution in [0, 0.1) is 30.1 Å². The van der Waals surface area contributed by atoms with E-state index in [0.717, 1.165) is 69.8 Å². The molecule has 1 heterocycles. The molecule has 3 aromatic rings. The van der Waals surface area contributed by atoms with Crippen LogP contribution in [0.15, 0.2) is 58.2 Å². The smallest absolute Gasteiger partial charge is 0.230 e. The zero-order valence-corrected chi connectivity index (χ0v) is 19.8. The topological polar surface area (TPSA) is 62.0 Å². The van der Waals surface area contributed by atoms with E-state index < -0.39 is 0 Å². The molecule has 33 heavy (non-hydrogen) atoms. The van der Waals surface area contributed by atoms with Crippen LogP contribution in [-0.4, -0.2) is 10.9 Å². The van der Waals surface area contributed by atoms with E-state index in [-0.39, 0.29) is 16.8 Å². The van der Waals surface area contributed by atoms with Gasteiger partial charge in [-0.1, -0.05) is 24.3 Å². The molecule has 0 spiro atoms. The minimum Gasteiger partial charge on any atom is -0.357 e. The number of amides is 1. The highest BCUT2D eigenvalue weighted by Crippen LogP contribution is 2.60. The lowest BCUT2D eigenvalue weighted by Gasteiger charge is -2.55. The van der Waals surface area contributed by atoms with Crippen LogP contribution in [0.1, 0.15) is 49.8 Å². The lowest BCUT2D eigenvalue weighted by Crippen LogP contribution is -2.51. The fraction of sp³-hybridized carbons (Fsp3) is 0.429. The molecule has 1 amide bonds. The molecule has 4 saturated carbocycles. The number of aromatic nitrogens is 1. The van der Waals surface area contributed by atoms with Crippen LogP contribution < -0.4 is 10.7 Å². The van der Waals surface area contributed by atoms with Gasteiger partial charge in [0.1, 0.15) is 0 Å². The van der Waals surface area contributed by atoms with Gasteiger partial charge in [-0.2, -0.15) is 0 Å². The predicted octanol–water partition coefficient (Wildman–Crippen LogP) is 6.28. The molecule has 2 aromatic carbocycles. The van der Waals surface area contributed by atoms with Crippen molar-refractivity contribution in [3.63, 3.8) is 0 Å². The monoisotopic (exact) mass is 458 g/mol. The zero-order chi connectivity index (χ0) is 22.6. The molecule has 7 rings (SSSR count). The maximum Gasteiger partial charge on any atom is 0.230 e. The van der Waals surface area contributed by atoms with E-state index in [1.165, 1.54) is 19.3 Å². The van der Waals surface area contributed by atoms with Gasteiger partial charge in [-0.15, -0.1) is 11.8 Å². The van der Waals surface area contributed by atoms with Crippen molar-refractivity contribution in [1.29, 1.82) is 0 Å². The fourth-order valence-electron chi connectivity index (χ4n) is 7.04. The number of carbonyl (C=O) groups excluding carboxylic acids is 1. The normalized spacial score (nSPS) is 27.7. The number of para-hydroxylation sites is 2. The second kappa shape index (κ2) is 8.05. The lowest BCUT2D eigenvalue weighted by molar-refractivity contribution is -0.140. The molecule has 4 aliphatic carbocycles. The molecule has 0 radical (unpaired) electrons. The van der Waals surface area contributed by atoms with Gasteiger partial charge < -0.3 is 10.3 Å². The Bertz CT molecular complexity index is 1260.